The fourth-order valence-corrected chi connectivity index (χ4v) is 5.21. The van der Waals surface area contributed by atoms with Gasteiger partial charge in [-0.25, -0.2) is 10.2 Å². The van der Waals surface area contributed by atoms with Crippen molar-refractivity contribution in [3.8, 4) is 0 Å². The average molecular weight is 448 g/mol. The van der Waals surface area contributed by atoms with E-state index < -0.39 is 5.97 Å². The van der Waals surface area contributed by atoms with Gasteiger partial charge in [0.2, 0.25) is 0 Å². The molecule has 2 aliphatic rings. The molecule has 30 heavy (non-hydrogen) atoms. The summed E-state index contributed by atoms with van der Waals surface area (Å²) in [5.41, 5.74) is 4.66. The van der Waals surface area contributed by atoms with E-state index >= 15 is 0 Å². The van der Waals surface area contributed by atoms with Crippen LogP contribution in [-0.2, 0) is 0 Å². The zero-order chi connectivity index (χ0) is 21.1. The predicted octanol–water partition coefficient (Wildman–Crippen LogP) is 2.99. The Morgan fingerprint density at radius 1 is 1.27 bits per heavy atom. The lowest BCUT2D eigenvalue weighted by Gasteiger charge is -2.33. The summed E-state index contributed by atoms with van der Waals surface area (Å²) in [6.07, 6.45) is 2.73. The number of halogens is 1. The summed E-state index contributed by atoms with van der Waals surface area (Å²) in [6.45, 7) is 6.92. The quantitative estimate of drug-likeness (QED) is 0.636. The van der Waals surface area contributed by atoms with Gasteiger partial charge in [0.05, 0.1) is 21.2 Å². The highest BCUT2D eigenvalue weighted by Gasteiger charge is 2.21. The second-order valence-corrected chi connectivity index (χ2v) is 9.14. The number of benzene rings is 1. The molecule has 0 amide bonds. The van der Waals surface area contributed by atoms with E-state index in [1.807, 2.05) is 11.1 Å². The minimum absolute atomic E-state index is 0.292. The van der Waals surface area contributed by atoms with Crippen molar-refractivity contribution in [1.82, 2.24) is 20.2 Å². The van der Waals surface area contributed by atoms with Gasteiger partial charge in [-0.2, -0.15) is 0 Å². The number of nitrogens with one attached hydrogen (secondary N) is 1. The van der Waals surface area contributed by atoms with Crippen LogP contribution >= 0.6 is 22.9 Å². The van der Waals surface area contributed by atoms with Crippen LogP contribution in [0.25, 0.3) is 15.8 Å². The number of piperazine rings is 1. The number of nitrogens with zero attached hydrogens (tertiary/aromatic N) is 4. The summed E-state index contributed by atoms with van der Waals surface area (Å²) in [4.78, 5) is 21.5. The Bertz CT molecular complexity index is 981. The number of rotatable bonds is 7. The maximum atomic E-state index is 11.3. The zero-order valence-corrected chi connectivity index (χ0v) is 18.5. The normalized spacial score (nSPS) is 18.5. The van der Waals surface area contributed by atoms with Crippen LogP contribution in [0.1, 0.15) is 21.7 Å². The number of aliphatic imine (C=N–C) groups is 1. The van der Waals surface area contributed by atoms with Gasteiger partial charge in [-0.1, -0.05) is 17.7 Å². The van der Waals surface area contributed by atoms with Gasteiger partial charge >= 0.3 is 5.97 Å². The van der Waals surface area contributed by atoms with Crippen LogP contribution in [0.15, 0.2) is 34.3 Å². The highest BCUT2D eigenvalue weighted by atomic mass is 35.5. The summed E-state index contributed by atoms with van der Waals surface area (Å²) >= 11 is 8.06. The Morgan fingerprint density at radius 3 is 2.83 bits per heavy atom. The maximum absolute atomic E-state index is 11.3. The first-order chi connectivity index (χ1) is 14.5. The van der Waals surface area contributed by atoms with Crippen LogP contribution in [0.3, 0.4) is 0 Å². The Kier molecular flexibility index (Phi) is 6.70. The number of hydrazine groups is 1. The highest BCUT2D eigenvalue weighted by Crippen LogP contribution is 2.35. The van der Waals surface area contributed by atoms with Gasteiger partial charge in [0.1, 0.15) is 6.67 Å². The second-order valence-electron chi connectivity index (χ2n) is 7.65. The molecule has 0 bridgehead atoms. The van der Waals surface area contributed by atoms with Crippen molar-refractivity contribution in [2.75, 3.05) is 53.0 Å². The number of thiophene rings is 1. The maximum Gasteiger partial charge on any atom is 0.335 e. The lowest BCUT2D eigenvalue weighted by atomic mass is 10.1. The largest absolute Gasteiger partial charge is 0.478 e. The molecule has 4 rings (SSSR count). The van der Waals surface area contributed by atoms with Gasteiger partial charge in [-0.05, 0) is 43.6 Å². The van der Waals surface area contributed by atoms with Crippen molar-refractivity contribution >= 4 is 50.9 Å². The highest BCUT2D eigenvalue weighted by molar-refractivity contribution is 7.20. The monoisotopic (exact) mass is 447 g/mol. The predicted molar refractivity (Wildman–Crippen MR) is 123 cm³/mol. The van der Waals surface area contributed by atoms with Gasteiger partial charge in [0.25, 0.3) is 0 Å². The molecule has 0 radical (unpaired) electrons. The van der Waals surface area contributed by atoms with E-state index in [2.05, 4.69) is 33.3 Å². The molecular weight excluding hydrogens is 422 g/mol. The molecule has 1 saturated heterocycles. The minimum atomic E-state index is -0.919. The molecular formula is C21H26ClN5O2S. The minimum Gasteiger partial charge on any atom is -0.478 e. The van der Waals surface area contributed by atoms with E-state index in [9.17, 15) is 9.90 Å². The molecule has 0 unspecified atom stereocenters. The fourth-order valence-electron chi connectivity index (χ4n) is 3.71. The number of fused-ring (bicyclic) bond motifs is 1. The van der Waals surface area contributed by atoms with Crippen molar-refractivity contribution < 1.29 is 9.90 Å². The van der Waals surface area contributed by atoms with Gasteiger partial charge in [-0.3, -0.25) is 10.0 Å². The van der Waals surface area contributed by atoms with E-state index in [0.717, 1.165) is 66.3 Å². The molecule has 1 aromatic heterocycles. The van der Waals surface area contributed by atoms with Gasteiger partial charge in [-0.15, -0.1) is 11.3 Å². The first-order valence-electron chi connectivity index (χ1n) is 10.1. The number of allylic oxidation sites excluding steroid dienone is 1. The van der Waals surface area contributed by atoms with Crippen molar-refractivity contribution in [1.29, 1.82) is 0 Å². The van der Waals surface area contributed by atoms with Crippen molar-refractivity contribution in [2.45, 2.75) is 6.42 Å². The SMILES string of the molecule is CN1CCN(CCCNN2CN=CC(Cl)=C2c2cc3ccc(C(=O)O)cc3s2)CC1. The fraction of sp³-hybridized carbons (Fsp3) is 0.429. The van der Waals surface area contributed by atoms with E-state index in [4.69, 9.17) is 11.6 Å². The van der Waals surface area contributed by atoms with Crippen LogP contribution in [0.5, 0.6) is 0 Å². The molecule has 2 aromatic rings. The first-order valence-corrected chi connectivity index (χ1v) is 11.3. The first kappa shape index (κ1) is 21.3. The Labute approximate surface area is 185 Å². The van der Waals surface area contributed by atoms with Gasteiger partial charge < -0.3 is 14.9 Å². The van der Waals surface area contributed by atoms with Gasteiger partial charge in [0.15, 0.2) is 0 Å². The van der Waals surface area contributed by atoms with E-state index in [1.54, 1.807) is 29.7 Å². The zero-order valence-electron chi connectivity index (χ0n) is 17.0. The van der Waals surface area contributed by atoms with Crippen LogP contribution in [0.4, 0.5) is 0 Å². The summed E-state index contributed by atoms with van der Waals surface area (Å²) in [6, 6.07) is 7.25. The molecule has 7 nitrogen and oxygen atoms in total. The van der Waals surface area contributed by atoms with Gasteiger partial charge in [0, 0.05) is 43.6 Å². The van der Waals surface area contributed by atoms with Crippen molar-refractivity contribution in [3.05, 3.63) is 39.7 Å². The van der Waals surface area contributed by atoms with Crippen molar-refractivity contribution in [2.24, 2.45) is 4.99 Å². The van der Waals surface area contributed by atoms with E-state index in [1.165, 1.54) is 0 Å². The smallest absolute Gasteiger partial charge is 0.335 e. The molecule has 1 fully saturated rings. The third kappa shape index (κ3) is 4.84. The number of aromatic carboxylic acids is 1. The van der Waals surface area contributed by atoms with E-state index in [-0.39, 0.29) is 0 Å². The molecule has 2 aliphatic heterocycles. The molecule has 0 atom stereocenters. The number of carbonyl (C=O) groups is 1. The van der Waals surface area contributed by atoms with Crippen LogP contribution in [0.2, 0.25) is 0 Å². The summed E-state index contributed by atoms with van der Waals surface area (Å²) in [5.74, 6) is -0.919. The summed E-state index contributed by atoms with van der Waals surface area (Å²) in [7, 11) is 2.17. The average Bonchev–Trinajstić information content (AvgIpc) is 3.15. The number of hydrogen-bond donors (Lipinski definition) is 2. The number of carboxylic acid groups (broad SMARTS) is 1. The number of carboxylic acids is 1. The number of likely N-dealkylation sites (N-methyl/N-ethyl adjacent to an activating group) is 1. The molecule has 0 spiro atoms. The lowest BCUT2D eigenvalue weighted by Crippen LogP contribution is -2.45. The second kappa shape index (κ2) is 9.45. The molecule has 9 heteroatoms. The topological polar surface area (TPSA) is 71.4 Å². The van der Waals surface area contributed by atoms with E-state index in [0.29, 0.717) is 17.3 Å². The number of hydrogen-bond acceptors (Lipinski definition) is 7. The van der Waals surface area contributed by atoms with Crippen LogP contribution in [0, 0.1) is 0 Å². The van der Waals surface area contributed by atoms with Crippen molar-refractivity contribution in [3.63, 3.8) is 0 Å². The molecule has 0 saturated carbocycles. The Hall–Kier alpha value is -1.97. The third-order valence-electron chi connectivity index (χ3n) is 5.47. The third-order valence-corrected chi connectivity index (χ3v) is 6.86. The Balaban J connectivity index is 1.42. The molecule has 0 aliphatic carbocycles. The molecule has 3 heterocycles. The molecule has 2 N–H and O–H groups in total. The molecule has 160 valence electrons. The van der Waals surface area contributed by atoms with Crippen LogP contribution < -0.4 is 5.43 Å². The standard InChI is InChI=1S/C21H26ClN5O2S/c1-25-7-9-26(10-8-25)6-2-5-24-27-14-23-13-17(22)20(27)19-11-15-3-4-16(21(28)29)12-18(15)30-19/h3-4,11-13,24H,2,5-10,14H2,1H3,(H,28,29). The Morgan fingerprint density at radius 2 is 2.07 bits per heavy atom. The summed E-state index contributed by atoms with van der Waals surface area (Å²) < 4.78 is 0.930. The molecule has 1 aromatic carbocycles. The van der Waals surface area contributed by atoms with Crippen LogP contribution in [-0.4, -0.2) is 85.1 Å². The summed E-state index contributed by atoms with van der Waals surface area (Å²) in [5, 5.41) is 12.8. The lowest BCUT2D eigenvalue weighted by molar-refractivity contribution is 0.0697.